The molecule has 178 valence electrons. The van der Waals surface area contributed by atoms with E-state index >= 15 is 0 Å². The van der Waals surface area contributed by atoms with Crippen LogP contribution in [0.2, 0.25) is 0 Å². The standard InChI is InChI=1S/C27H28N6O2/c1-4-20(26-29-17-21(31-26)18-10-6-5-7-11-18)30-25(35)15-14-24(34)19(16-28)27-32(2)22-12-8-9-13-23(22)33(27)3/h5-13,17,20H,4,14-15H2,1-3H3,(H,29,31)(H,30,35). The summed E-state index contributed by atoms with van der Waals surface area (Å²) in [5.41, 5.74) is 3.77. The number of aromatic nitrogens is 2. The molecule has 1 aliphatic rings. The maximum atomic E-state index is 13.0. The number of ketones is 1. The highest BCUT2D eigenvalue weighted by Crippen LogP contribution is 2.40. The van der Waals surface area contributed by atoms with E-state index in [1.165, 1.54) is 0 Å². The Hall–Kier alpha value is -4.38. The van der Waals surface area contributed by atoms with Crippen molar-refractivity contribution in [1.29, 1.82) is 5.26 Å². The number of anilines is 2. The molecule has 3 aromatic rings. The summed E-state index contributed by atoms with van der Waals surface area (Å²) in [6.07, 6.45) is 2.32. The number of nitrogens with one attached hydrogen (secondary N) is 2. The predicted octanol–water partition coefficient (Wildman–Crippen LogP) is 4.31. The Kier molecular flexibility index (Phi) is 6.97. The predicted molar refractivity (Wildman–Crippen MR) is 135 cm³/mol. The van der Waals surface area contributed by atoms with E-state index in [1.54, 1.807) is 6.20 Å². The molecule has 1 atom stereocenters. The minimum atomic E-state index is -0.360. The van der Waals surface area contributed by atoms with Crippen LogP contribution in [0.1, 0.15) is 38.1 Å². The largest absolute Gasteiger partial charge is 0.346 e. The highest BCUT2D eigenvalue weighted by atomic mass is 16.2. The van der Waals surface area contributed by atoms with Gasteiger partial charge in [0.25, 0.3) is 0 Å². The molecular weight excluding hydrogens is 440 g/mol. The van der Waals surface area contributed by atoms with Crippen molar-refractivity contribution in [3.8, 4) is 17.3 Å². The first-order valence-electron chi connectivity index (χ1n) is 11.6. The van der Waals surface area contributed by atoms with E-state index < -0.39 is 0 Å². The van der Waals surface area contributed by atoms with Gasteiger partial charge in [-0.2, -0.15) is 5.26 Å². The summed E-state index contributed by atoms with van der Waals surface area (Å²) in [6, 6.07) is 19.3. The number of H-pyrrole nitrogens is 1. The van der Waals surface area contributed by atoms with E-state index in [2.05, 4.69) is 21.4 Å². The van der Waals surface area contributed by atoms with Gasteiger partial charge in [-0.3, -0.25) is 9.59 Å². The number of rotatable bonds is 8. The molecule has 0 bridgehead atoms. The number of hydrogen-bond acceptors (Lipinski definition) is 6. The number of hydrogen-bond donors (Lipinski definition) is 2. The number of carbonyl (C=O) groups excluding carboxylic acids is 2. The van der Waals surface area contributed by atoms with Crippen molar-refractivity contribution in [1.82, 2.24) is 15.3 Å². The molecule has 8 nitrogen and oxygen atoms in total. The number of Topliss-reactive ketones (excluding diaryl/α,β-unsaturated/α-hetero) is 1. The Balaban J connectivity index is 1.41. The summed E-state index contributed by atoms with van der Waals surface area (Å²) < 4.78 is 0. The van der Waals surface area contributed by atoms with Gasteiger partial charge < -0.3 is 20.1 Å². The first-order valence-corrected chi connectivity index (χ1v) is 11.6. The number of aromatic amines is 1. The number of carbonyl (C=O) groups is 2. The smallest absolute Gasteiger partial charge is 0.221 e. The molecule has 35 heavy (non-hydrogen) atoms. The summed E-state index contributed by atoms with van der Waals surface area (Å²) in [5, 5.41) is 12.7. The third-order valence-corrected chi connectivity index (χ3v) is 6.19. The lowest BCUT2D eigenvalue weighted by molar-refractivity contribution is -0.124. The summed E-state index contributed by atoms with van der Waals surface area (Å²) in [7, 11) is 3.65. The molecule has 0 saturated heterocycles. The number of allylic oxidation sites excluding steroid dienone is 1. The topological polar surface area (TPSA) is 105 Å². The van der Waals surface area contributed by atoms with E-state index in [-0.39, 0.29) is 36.1 Å². The van der Waals surface area contributed by atoms with Crippen LogP contribution < -0.4 is 15.1 Å². The van der Waals surface area contributed by atoms with Gasteiger partial charge in [-0.05, 0) is 24.1 Å². The zero-order chi connectivity index (χ0) is 24.9. The highest BCUT2D eigenvalue weighted by molar-refractivity contribution is 6.03. The van der Waals surface area contributed by atoms with E-state index in [4.69, 9.17) is 0 Å². The SMILES string of the molecule is CCC(NC(=O)CCC(=O)C(C#N)=C1N(C)c2ccccc2N1C)c1ncc(-c2ccccc2)[nH]1. The maximum absolute atomic E-state index is 13.0. The minimum Gasteiger partial charge on any atom is -0.346 e. The van der Waals surface area contributed by atoms with Gasteiger partial charge in [-0.15, -0.1) is 0 Å². The van der Waals surface area contributed by atoms with Gasteiger partial charge in [0, 0.05) is 26.9 Å². The minimum absolute atomic E-state index is 0.0135. The van der Waals surface area contributed by atoms with Crippen LogP contribution in [0, 0.1) is 11.3 Å². The molecule has 4 rings (SSSR count). The lowest BCUT2D eigenvalue weighted by atomic mass is 10.1. The van der Waals surface area contributed by atoms with Crippen LogP contribution in [0.3, 0.4) is 0 Å². The van der Waals surface area contributed by atoms with Crippen LogP contribution in [0.25, 0.3) is 11.3 Å². The van der Waals surface area contributed by atoms with Gasteiger partial charge >= 0.3 is 0 Å². The molecule has 0 fully saturated rings. The van der Waals surface area contributed by atoms with E-state index in [1.807, 2.05) is 85.4 Å². The third kappa shape index (κ3) is 4.80. The highest BCUT2D eigenvalue weighted by Gasteiger charge is 2.31. The van der Waals surface area contributed by atoms with Gasteiger partial charge in [0.2, 0.25) is 5.91 Å². The van der Waals surface area contributed by atoms with Crippen molar-refractivity contribution in [2.24, 2.45) is 0 Å². The van der Waals surface area contributed by atoms with Crippen LogP contribution >= 0.6 is 0 Å². The summed E-state index contributed by atoms with van der Waals surface area (Å²) in [5.74, 6) is 0.565. The number of fused-ring (bicyclic) bond motifs is 1. The second-order valence-electron chi connectivity index (χ2n) is 8.42. The van der Waals surface area contributed by atoms with Gasteiger partial charge in [0.05, 0.1) is 29.3 Å². The normalized spacial score (nSPS) is 13.3. The number of para-hydroxylation sites is 2. The van der Waals surface area contributed by atoms with E-state index in [9.17, 15) is 14.9 Å². The second kappa shape index (κ2) is 10.3. The molecule has 2 N–H and O–H groups in total. The zero-order valence-electron chi connectivity index (χ0n) is 20.1. The Morgan fingerprint density at radius 3 is 2.26 bits per heavy atom. The van der Waals surface area contributed by atoms with E-state index in [0.29, 0.717) is 18.1 Å². The monoisotopic (exact) mass is 468 g/mol. The quantitative estimate of drug-likeness (QED) is 0.377. The first-order chi connectivity index (χ1) is 16.9. The molecule has 0 spiro atoms. The Bertz CT molecular complexity index is 1270. The Morgan fingerprint density at radius 2 is 1.66 bits per heavy atom. The molecule has 8 heteroatoms. The molecule has 2 aromatic carbocycles. The second-order valence-corrected chi connectivity index (χ2v) is 8.42. The fraction of sp³-hybridized carbons (Fsp3) is 0.259. The van der Waals surface area contributed by atoms with Crippen LogP contribution in [0.4, 0.5) is 11.4 Å². The van der Waals surface area contributed by atoms with Crippen molar-refractivity contribution in [3.05, 3.63) is 78.0 Å². The van der Waals surface area contributed by atoms with Gasteiger partial charge in [-0.1, -0.05) is 49.4 Å². The fourth-order valence-electron chi connectivity index (χ4n) is 4.32. The summed E-state index contributed by atoms with van der Waals surface area (Å²) in [4.78, 5) is 37.0. The van der Waals surface area contributed by atoms with Crippen LogP contribution in [-0.4, -0.2) is 35.8 Å². The Morgan fingerprint density at radius 1 is 1.03 bits per heavy atom. The van der Waals surface area contributed by atoms with Gasteiger partial charge in [0.1, 0.15) is 23.3 Å². The van der Waals surface area contributed by atoms with Crippen LogP contribution in [0.15, 0.2) is 72.2 Å². The molecule has 0 radical (unpaired) electrons. The van der Waals surface area contributed by atoms with Crippen molar-refractivity contribution in [2.45, 2.75) is 32.2 Å². The van der Waals surface area contributed by atoms with Crippen LogP contribution in [-0.2, 0) is 9.59 Å². The molecular formula is C27H28N6O2. The van der Waals surface area contributed by atoms with Crippen molar-refractivity contribution < 1.29 is 9.59 Å². The average Bonchev–Trinajstić information content (AvgIpc) is 3.47. The van der Waals surface area contributed by atoms with Gasteiger partial charge in [0.15, 0.2) is 5.78 Å². The Labute approximate surface area is 204 Å². The molecule has 1 unspecified atom stereocenters. The third-order valence-electron chi connectivity index (χ3n) is 6.19. The molecule has 0 saturated carbocycles. The number of imidazole rings is 1. The number of amides is 1. The molecule has 2 heterocycles. The molecule has 1 aromatic heterocycles. The molecule has 1 amide bonds. The lowest BCUT2D eigenvalue weighted by Gasteiger charge is -2.20. The van der Waals surface area contributed by atoms with Crippen LogP contribution in [0.5, 0.6) is 0 Å². The molecule has 1 aliphatic heterocycles. The fourth-order valence-corrected chi connectivity index (χ4v) is 4.32. The summed E-state index contributed by atoms with van der Waals surface area (Å²) in [6.45, 7) is 1.96. The average molecular weight is 469 g/mol. The summed E-state index contributed by atoms with van der Waals surface area (Å²) >= 11 is 0. The number of benzene rings is 2. The molecule has 0 aliphatic carbocycles. The number of nitrogens with zero attached hydrogens (tertiary/aromatic N) is 4. The zero-order valence-corrected chi connectivity index (χ0v) is 20.1. The van der Waals surface area contributed by atoms with Crippen molar-refractivity contribution >= 4 is 23.1 Å². The van der Waals surface area contributed by atoms with Crippen molar-refractivity contribution in [2.75, 3.05) is 23.9 Å². The number of nitriles is 1. The first kappa shape index (κ1) is 23.8. The lowest BCUT2D eigenvalue weighted by Crippen LogP contribution is -2.30. The van der Waals surface area contributed by atoms with Crippen molar-refractivity contribution in [3.63, 3.8) is 0 Å². The maximum Gasteiger partial charge on any atom is 0.221 e. The van der Waals surface area contributed by atoms with Gasteiger partial charge in [-0.25, -0.2) is 4.98 Å². The van der Waals surface area contributed by atoms with E-state index in [0.717, 1.165) is 22.6 Å².